The molecular formula is C17H27N3OS. The molecule has 1 atom stereocenters. The summed E-state index contributed by atoms with van der Waals surface area (Å²) in [4.78, 5) is 19.1. The zero-order chi connectivity index (χ0) is 16.2. The van der Waals surface area contributed by atoms with Crippen LogP contribution in [0.4, 0.5) is 0 Å². The van der Waals surface area contributed by atoms with Gasteiger partial charge in [-0.15, -0.1) is 11.8 Å². The lowest BCUT2D eigenvalue weighted by Crippen LogP contribution is -2.34. The maximum absolute atomic E-state index is 12.3. The Balaban J connectivity index is 1.82. The standard InChI is InChI=1S/C17H27N3OS/c1-17(2,3)12-20-9-7-13(11-20)10-19-15(21)14-6-5-8-18-16(14)22-4/h5-6,8,13H,7,9-12H2,1-4H3,(H,19,21). The highest BCUT2D eigenvalue weighted by Gasteiger charge is 2.26. The summed E-state index contributed by atoms with van der Waals surface area (Å²) in [5.74, 6) is 0.549. The maximum atomic E-state index is 12.3. The van der Waals surface area contributed by atoms with Gasteiger partial charge in [0.25, 0.3) is 5.91 Å². The molecule has 1 aliphatic heterocycles. The average molecular weight is 321 g/mol. The van der Waals surface area contributed by atoms with Crippen LogP contribution in [-0.2, 0) is 0 Å². The van der Waals surface area contributed by atoms with Gasteiger partial charge in [-0.25, -0.2) is 4.98 Å². The lowest BCUT2D eigenvalue weighted by molar-refractivity contribution is 0.0943. The summed E-state index contributed by atoms with van der Waals surface area (Å²) >= 11 is 1.51. The van der Waals surface area contributed by atoms with E-state index in [4.69, 9.17) is 0 Å². The number of aromatic nitrogens is 1. The molecule has 1 aromatic heterocycles. The van der Waals surface area contributed by atoms with Crippen LogP contribution in [0.5, 0.6) is 0 Å². The molecule has 0 aliphatic carbocycles. The van der Waals surface area contributed by atoms with Crippen molar-refractivity contribution in [1.82, 2.24) is 15.2 Å². The van der Waals surface area contributed by atoms with Crippen molar-refractivity contribution in [2.45, 2.75) is 32.2 Å². The van der Waals surface area contributed by atoms with Gasteiger partial charge in [-0.3, -0.25) is 4.79 Å². The third kappa shape index (κ3) is 4.99. The van der Waals surface area contributed by atoms with E-state index in [0.29, 0.717) is 16.9 Å². The second kappa shape index (κ2) is 7.47. The minimum Gasteiger partial charge on any atom is -0.352 e. The molecule has 0 bridgehead atoms. The Morgan fingerprint density at radius 3 is 2.95 bits per heavy atom. The zero-order valence-corrected chi connectivity index (χ0v) is 14.9. The minimum absolute atomic E-state index is 0.00767. The van der Waals surface area contributed by atoms with Crippen molar-refractivity contribution >= 4 is 17.7 Å². The van der Waals surface area contributed by atoms with Crippen LogP contribution >= 0.6 is 11.8 Å². The molecule has 22 heavy (non-hydrogen) atoms. The first-order valence-corrected chi connectivity index (χ1v) is 9.11. The Morgan fingerprint density at radius 2 is 2.27 bits per heavy atom. The van der Waals surface area contributed by atoms with Crippen molar-refractivity contribution in [3.05, 3.63) is 23.9 Å². The number of hydrogen-bond acceptors (Lipinski definition) is 4. The van der Waals surface area contributed by atoms with Crippen molar-refractivity contribution in [1.29, 1.82) is 0 Å². The van der Waals surface area contributed by atoms with Crippen molar-refractivity contribution in [3.8, 4) is 0 Å². The van der Waals surface area contributed by atoms with Gasteiger partial charge in [0, 0.05) is 25.8 Å². The van der Waals surface area contributed by atoms with Crippen LogP contribution in [0.15, 0.2) is 23.4 Å². The highest BCUT2D eigenvalue weighted by atomic mass is 32.2. The van der Waals surface area contributed by atoms with Crippen LogP contribution in [0.25, 0.3) is 0 Å². The fraction of sp³-hybridized carbons (Fsp3) is 0.647. The number of nitrogens with one attached hydrogen (secondary N) is 1. The van der Waals surface area contributed by atoms with E-state index in [1.54, 1.807) is 6.20 Å². The van der Waals surface area contributed by atoms with Crippen molar-refractivity contribution in [3.63, 3.8) is 0 Å². The quantitative estimate of drug-likeness (QED) is 0.847. The Labute approximate surface area is 138 Å². The number of amides is 1. The Bertz CT molecular complexity index is 513. The number of pyridine rings is 1. The normalized spacial score (nSPS) is 19.4. The highest BCUT2D eigenvalue weighted by Crippen LogP contribution is 2.22. The van der Waals surface area contributed by atoms with E-state index < -0.39 is 0 Å². The van der Waals surface area contributed by atoms with E-state index in [1.165, 1.54) is 18.2 Å². The van der Waals surface area contributed by atoms with Gasteiger partial charge in [0.1, 0.15) is 5.03 Å². The average Bonchev–Trinajstić information content (AvgIpc) is 2.90. The summed E-state index contributed by atoms with van der Waals surface area (Å²) in [6.07, 6.45) is 4.84. The van der Waals surface area contributed by atoms with Crippen LogP contribution in [0.2, 0.25) is 0 Å². The molecule has 0 saturated carbocycles. The second-order valence-electron chi connectivity index (χ2n) is 7.22. The number of thioether (sulfide) groups is 1. The van der Waals surface area contributed by atoms with Crippen LogP contribution in [0.1, 0.15) is 37.6 Å². The van der Waals surface area contributed by atoms with Crippen LogP contribution < -0.4 is 5.32 Å². The lowest BCUT2D eigenvalue weighted by atomic mass is 9.96. The fourth-order valence-electron chi connectivity index (χ4n) is 2.95. The molecule has 1 unspecified atom stereocenters. The van der Waals surface area contributed by atoms with E-state index in [0.717, 1.165) is 31.2 Å². The van der Waals surface area contributed by atoms with Gasteiger partial charge in [0.05, 0.1) is 5.56 Å². The Morgan fingerprint density at radius 1 is 1.50 bits per heavy atom. The topological polar surface area (TPSA) is 45.2 Å². The van der Waals surface area contributed by atoms with Crippen molar-refractivity contribution < 1.29 is 4.79 Å². The minimum atomic E-state index is -0.00767. The zero-order valence-electron chi connectivity index (χ0n) is 14.1. The number of hydrogen-bond donors (Lipinski definition) is 1. The number of carbonyl (C=O) groups is 1. The molecule has 1 N–H and O–H groups in total. The lowest BCUT2D eigenvalue weighted by Gasteiger charge is -2.26. The van der Waals surface area contributed by atoms with Gasteiger partial charge in [0.15, 0.2) is 0 Å². The summed E-state index contributed by atoms with van der Waals surface area (Å²) < 4.78 is 0. The first-order valence-electron chi connectivity index (χ1n) is 7.88. The molecule has 1 saturated heterocycles. The molecular weight excluding hydrogens is 294 g/mol. The van der Waals surface area contributed by atoms with E-state index in [2.05, 4.69) is 36.0 Å². The molecule has 5 heteroatoms. The van der Waals surface area contributed by atoms with Crippen LogP contribution in [0.3, 0.4) is 0 Å². The summed E-state index contributed by atoms with van der Waals surface area (Å²) in [5, 5.41) is 3.87. The Hall–Kier alpha value is -1.07. The predicted molar refractivity (Wildman–Crippen MR) is 92.4 cm³/mol. The summed E-state index contributed by atoms with van der Waals surface area (Å²) in [6, 6.07) is 3.66. The maximum Gasteiger partial charge on any atom is 0.254 e. The third-order valence-electron chi connectivity index (χ3n) is 3.83. The molecule has 1 amide bonds. The Kier molecular flexibility index (Phi) is 5.87. The third-order valence-corrected chi connectivity index (χ3v) is 4.54. The molecule has 1 fully saturated rings. The fourth-order valence-corrected chi connectivity index (χ4v) is 3.50. The molecule has 1 aromatic rings. The van der Waals surface area contributed by atoms with Gasteiger partial charge in [-0.05, 0) is 42.7 Å². The molecule has 1 aliphatic rings. The highest BCUT2D eigenvalue weighted by molar-refractivity contribution is 7.98. The SMILES string of the molecule is CSc1ncccc1C(=O)NCC1CCN(CC(C)(C)C)C1. The molecule has 4 nitrogen and oxygen atoms in total. The monoisotopic (exact) mass is 321 g/mol. The van der Waals surface area contributed by atoms with Gasteiger partial charge < -0.3 is 10.2 Å². The van der Waals surface area contributed by atoms with Crippen LogP contribution in [-0.4, -0.2) is 48.2 Å². The van der Waals surface area contributed by atoms with Crippen LogP contribution in [0, 0.1) is 11.3 Å². The molecule has 0 aromatic carbocycles. The summed E-state index contributed by atoms with van der Waals surface area (Å²) in [6.45, 7) is 10.9. The number of nitrogens with zero attached hydrogens (tertiary/aromatic N) is 2. The van der Waals surface area contributed by atoms with E-state index in [9.17, 15) is 4.79 Å². The summed E-state index contributed by atoms with van der Waals surface area (Å²) in [7, 11) is 0. The number of carbonyl (C=O) groups excluding carboxylic acids is 1. The van der Waals surface area contributed by atoms with Gasteiger partial charge >= 0.3 is 0 Å². The smallest absolute Gasteiger partial charge is 0.254 e. The molecule has 2 heterocycles. The largest absolute Gasteiger partial charge is 0.352 e. The van der Waals surface area contributed by atoms with E-state index in [1.807, 2.05) is 18.4 Å². The first-order chi connectivity index (χ1) is 10.4. The second-order valence-corrected chi connectivity index (χ2v) is 8.02. The first kappa shape index (κ1) is 17.3. The molecule has 2 rings (SSSR count). The van der Waals surface area contributed by atoms with E-state index in [-0.39, 0.29) is 5.91 Å². The van der Waals surface area contributed by atoms with Gasteiger partial charge in [0.2, 0.25) is 0 Å². The van der Waals surface area contributed by atoms with Gasteiger partial charge in [-0.1, -0.05) is 20.8 Å². The van der Waals surface area contributed by atoms with Crippen molar-refractivity contribution in [2.24, 2.45) is 11.3 Å². The molecule has 0 spiro atoms. The number of likely N-dealkylation sites (tertiary alicyclic amines) is 1. The van der Waals surface area contributed by atoms with Crippen molar-refractivity contribution in [2.75, 3.05) is 32.4 Å². The van der Waals surface area contributed by atoms with E-state index >= 15 is 0 Å². The predicted octanol–water partition coefficient (Wildman–Crippen LogP) is 2.90. The summed E-state index contributed by atoms with van der Waals surface area (Å²) in [5.41, 5.74) is 1.01. The molecule has 0 radical (unpaired) electrons. The molecule has 122 valence electrons. The number of rotatable bonds is 5. The van der Waals surface area contributed by atoms with Gasteiger partial charge in [-0.2, -0.15) is 0 Å².